The lowest BCUT2D eigenvalue weighted by molar-refractivity contribution is -0.107. The number of carbonyl (C=O) groups is 1. The van der Waals surface area contributed by atoms with Crippen molar-refractivity contribution in [1.29, 1.82) is 0 Å². The first-order valence-corrected chi connectivity index (χ1v) is 9.72. The summed E-state index contributed by atoms with van der Waals surface area (Å²) < 4.78 is 20.9. The van der Waals surface area contributed by atoms with E-state index in [1.165, 1.54) is 12.1 Å². The van der Waals surface area contributed by atoms with Gasteiger partial charge in [0.2, 0.25) is 5.82 Å². The summed E-state index contributed by atoms with van der Waals surface area (Å²) in [5.41, 5.74) is 5.87. The first-order valence-electron chi connectivity index (χ1n) is 9.72. The molecule has 0 fully saturated rings. The molecule has 0 aliphatic carbocycles. The molecule has 0 aliphatic heterocycles. The minimum atomic E-state index is -0.304. The Hall–Kier alpha value is -3.61. The van der Waals surface area contributed by atoms with Crippen molar-refractivity contribution in [1.82, 2.24) is 19.9 Å². The standard InChI is InChI=1S/C23H21FN4O2/c1-4-28-21(16-6-5-7-18(24)12-16)13-20(26-28)23-25-22(27-30-23)17-10-14(2)19(8-9-29)15(3)11-17/h5-7,9-13H,4,8H2,1-3H3. The van der Waals surface area contributed by atoms with Gasteiger partial charge in [-0.25, -0.2) is 4.39 Å². The molecule has 0 amide bonds. The van der Waals surface area contributed by atoms with Gasteiger partial charge in [-0.1, -0.05) is 17.3 Å². The number of aromatic nitrogens is 4. The molecule has 4 rings (SSSR count). The second-order valence-electron chi connectivity index (χ2n) is 7.12. The van der Waals surface area contributed by atoms with E-state index in [9.17, 15) is 9.18 Å². The highest BCUT2D eigenvalue weighted by Crippen LogP contribution is 2.29. The molecular formula is C23H21FN4O2. The Kier molecular flexibility index (Phi) is 5.27. The average molecular weight is 404 g/mol. The highest BCUT2D eigenvalue weighted by molar-refractivity contribution is 5.67. The molecule has 0 aliphatic rings. The number of aryl methyl sites for hydroxylation is 3. The van der Waals surface area contributed by atoms with E-state index >= 15 is 0 Å². The molecule has 2 heterocycles. The van der Waals surface area contributed by atoms with Crippen molar-refractivity contribution in [2.24, 2.45) is 0 Å². The largest absolute Gasteiger partial charge is 0.332 e. The lowest BCUT2D eigenvalue weighted by Crippen LogP contribution is -1.99. The molecule has 2 aromatic heterocycles. The van der Waals surface area contributed by atoms with Crippen LogP contribution in [-0.4, -0.2) is 26.2 Å². The molecule has 0 radical (unpaired) electrons. The number of carbonyl (C=O) groups excluding carboxylic acids is 1. The van der Waals surface area contributed by atoms with E-state index in [2.05, 4.69) is 15.2 Å². The molecule has 2 aromatic carbocycles. The van der Waals surface area contributed by atoms with Gasteiger partial charge in [0.15, 0.2) is 5.69 Å². The van der Waals surface area contributed by atoms with Gasteiger partial charge in [-0.2, -0.15) is 10.1 Å². The van der Waals surface area contributed by atoms with Crippen molar-refractivity contribution in [3.63, 3.8) is 0 Å². The number of benzene rings is 2. The third-order valence-electron chi connectivity index (χ3n) is 5.09. The first kappa shape index (κ1) is 19.7. The van der Waals surface area contributed by atoms with Gasteiger partial charge in [0.05, 0.1) is 5.69 Å². The highest BCUT2D eigenvalue weighted by atomic mass is 19.1. The third-order valence-corrected chi connectivity index (χ3v) is 5.09. The maximum Gasteiger partial charge on any atom is 0.278 e. The zero-order chi connectivity index (χ0) is 21.3. The van der Waals surface area contributed by atoms with Crippen molar-refractivity contribution in [3.8, 4) is 34.2 Å². The van der Waals surface area contributed by atoms with Gasteiger partial charge in [0.1, 0.15) is 12.1 Å². The van der Waals surface area contributed by atoms with E-state index < -0.39 is 0 Å². The second kappa shape index (κ2) is 8.02. The van der Waals surface area contributed by atoms with Crippen LogP contribution in [0, 0.1) is 19.7 Å². The quantitative estimate of drug-likeness (QED) is 0.432. The zero-order valence-corrected chi connectivity index (χ0v) is 17.0. The molecule has 0 saturated heterocycles. The minimum Gasteiger partial charge on any atom is -0.332 e. The number of halogens is 1. The maximum absolute atomic E-state index is 13.7. The Morgan fingerprint density at radius 2 is 1.87 bits per heavy atom. The van der Waals surface area contributed by atoms with E-state index in [1.54, 1.807) is 10.7 Å². The Bertz CT molecular complexity index is 1200. The lowest BCUT2D eigenvalue weighted by atomic mass is 9.97. The number of hydrogen-bond acceptors (Lipinski definition) is 5. The summed E-state index contributed by atoms with van der Waals surface area (Å²) in [5.74, 6) is 0.441. The molecule has 152 valence electrons. The highest BCUT2D eigenvalue weighted by Gasteiger charge is 2.18. The molecule has 0 unspecified atom stereocenters. The number of nitrogens with zero attached hydrogens (tertiary/aromatic N) is 4. The van der Waals surface area contributed by atoms with Gasteiger partial charge in [0, 0.05) is 24.1 Å². The zero-order valence-electron chi connectivity index (χ0n) is 17.0. The number of aldehydes is 1. The van der Waals surface area contributed by atoms with Crippen LogP contribution in [0.1, 0.15) is 23.6 Å². The summed E-state index contributed by atoms with van der Waals surface area (Å²) in [6.45, 7) is 6.50. The van der Waals surface area contributed by atoms with E-state index in [4.69, 9.17) is 4.52 Å². The van der Waals surface area contributed by atoms with Crippen LogP contribution in [0.2, 0.25) is 0 Å². The summed E-state index contributed by atoms with van der Waals surface area (Å²) >= 11 is 0. The predicted molar refractivity (Wildman–Crippen MR) is 111 cm³/mol. The molecule has 30 heavy (non-hydrogen) atoms. The monoisotopic (exact) mass is 404 g/mol. The molecule has 0 atom stereocenters. The van der Waals surface area contributed by atoms with Crippen LogP contribution in [0.15, 0.2) is 47.0 Å². The van der Waals surface area contributed by atoms with E-state index in [-0.39, 0.29) is 5.82 Å². The van der Waals surface area contributed by atoms with E-state index in [1.807, 2.05) is 45.0 Å². The number of rotatable bonds is 6. The van der Waals surface area contributed by atoms with Crippen molar-refractivity contribution in [3.05, 3.63) is 65.0 Å². The minimum absolute atomic E-state index is 0.294. The van der Waals surface area contributed by atoms with Crippen molar-refractivity contribution in [2.45, 2.75) is 33.7 Å². The van der Waals surface area contributed by atoms with E-state index in [0.717, 1.165) is 39.8 Å². The van der Waals surface area contributed by atoms with Crippen LogP contribution in [-0.2, 0) is 17.8 Å². The third kappa shape index (κ3) is 3.66. The summed E-state index contributed by atoms with van der Waals surface area (Å²) in [7, 11) is 0. The fourth-order valence-electron chi connectivity index (χ4n) is 3.62. The summed E-state index contributed by atoms with van der Waals surface area (Å²) in [6.07, 6.45) is 1.29. The smallest absolute Gasteiger partial charge is 0.278 e. The van der Waals surface area contributed by atoms with Gasteiger partial charge in [-0.3, -0.25) is 4.68 Å². The van der Waals surface area contributed by atoms with Crippen molar-refractivity contribution in [2.75, 3.05) is 0 Å². The summed E-state index contributed by atoms with van der Waals surface area (Å²) in [4.78, 5) is 15.4. The van der Waals surface area contributed by atoms with Gasteiger partial charge in [0.25, 0.3) is 5.89 Å². The Morgan fingerprint density at radius 3 is 2.53 bits per heavy atom. The maximum atomic E-state index is 13.7. The molecule has 0 saturated carbocycles. The van der Waals surface area contributed by atoms with Gasteiger partial charge < -0.3 is 9.32 Å². The topological polar surface area (TPSA) is 73.8 Å². The molecule has 0 spiro atoms. The molecular weight excluding hydrogens is 383 g/mol. The first-order chi connectivity index (χ1) is 14.5. The van der Waals surface area contributed by atoms with Gasteiger partial charge in [-0.15, -0.1) is 0 Å². The van der Waals surface area contributed by atoms with E-state index in [0.29, 0.717) is 30.4 Å². The van der Waals surface area contributed by atoms with Crippen LogP contribution in [0.5, 0.6) is 0 Å². The Morgan fingerprint density at radius 1 is 1.10 bits per heavy atom. The summed E-state index contributed by atoms with van der Waals surface area (Å²) in [5, 5.41) is 8.65. The molecule has 0 N–H and O–H groups in total. The van der Waals surface area contributed by atoms with Crippen molar-refractivity contribution >= 4 is 6.29 Å². The molecule has 4 aromatic rings. The van der Waals surface area contributed by atoms with Crippen LogP contribution >= 0.6 is 0 Å². The SMILES string of the molecule is CCn1nc(-c2nc(-c3cc(C)c(CC=O)c(C)c3)no2)cc1-c1cccc(F)c1. The second-order valence-corrected chi connectivity index (χ2v) is 7.12. The Labute approximate surface area is 173 Å². The molecule has 6 nitrogen and oxygen atoms in total. The fourth-order valence-corrected chi connectivity index (χ4v) is 3.62. The Balaban J connectivity index is 1.71. The van der Waals surface area contributed by atoms with Crippen LogP contribution in [0.25, 0.3) is 34.2 Å². The molecule has 0 bridgehead atoms. The van der Waals surface area contributed by atoms with Gasteiger partial charge in [-0.05, 0) is 67.8 Å². The van der Waals surface area contributed by atoms with Crippen LogP contribution < -0.4 is 0 Å². The number of hydrogen-bond donors (Lipinski definition) is 0. The van der Waals surface area contributed by atoms with Crippen LogP contribution in [0.4, 0.5) is 4.39 Å². The molecule has 7 heteroatoms. The predicted octanol–water partition coefficient (Wildman–Crippen LogP) is 4.78. The fraction of sp³-hybridized carbons (Fsp3) is 0.217. The van der Waals surface area contributed by atoms with Gasteiger partial charge >= 0.3 is 0 Å². The summed E-state index contributed by atoms with van der Waals surface area (Å²) in [6, 6.07) is 12.1. The van der Waals surface area contributed by atoms with Crippen LogP contribution in [0.3, 0.4) is 0 Å². The van der Waals surface area contributed by atoms with Crippen molar-refractivity contribution < 1.29 is 13.7 Å². The average Bonchev–Trinajstić information content (AvgIpc) is 3.37. The normalized spacial score (nSPS) is 11.1. The lowest BCUT2D eigenvalue weighted by Gasteiger charge is -2.08.